The van der Waals surface area contributed by atoms with E-state index in [0.29, 0.717) is 0 Å². The fourth-order valence-corrected chi connectivity index (χ4v) is 2.23. The Morgan fingerprint density at radius 2 is 1.62 bits per heavy atom. The van der Waals surface area contributed by atoms with E-state index in [1.807, 2.05) is 24.3 Å². The Morgan fingerprint density at radius 1 is 0.812 bits per heavy atom. The molecule has 2 heteroatoms. The zero-order valence-corrected chi connectivity index (χ0v) is 10.1. The summed E-state index contributed by atoms with van der Waals surface area (Å²) in [5.74, 6) is 0. The molecule has 3 rings (SSSR count). The van der Waals surface area contributed by atoms with Gasteiger partial charge in [0.25, 0.3) is 0 Å². The van der Waals surface area contributed by atoms with E-state index in [-0.39, 0.29) is 0 Å². The maximum Gasteiger partial charge on any atom is 0.170 e. The van der Waals surface area contributed by atoms with Crippen LogP contribution in [-0.4, -0.2) is 0 Å². The van der Waals surface area contributed by atoms with E-state index < -0.39 is 0 Å². The summed E-state index contributed by atoms with van der Waals surface area (Å²) in [7, 11) is 0. The third-order valence-corrected chi connectivity index (χ3v) is 2.99. The fraction of sp³-hybridized carbons (Fsp3) is 0. The van der Waals surface area contributed by atoms with Crippen molar-refractivity contribution in [1.29, 1.82) is 0 Å². The molecule has 0 unspecified atom stereocenters. The van der Waals surface area contributed by atoms with Crippen LogP contribution in [0.25, 0.3) is 22.1 Å². The summed E-state index contributed by atoms with van der Waals surface area (Å²) in [6.07, 6.45) is 0. The zero-order chi connectivity index (χ0) is 11.0. The lowest BCUT2D eigenvalue weighted by Gasteiger charge is -2.00. The van der Waals surface area contributed by atoms with Crippen LogP contribution < -0.4 is 0 Å². The SMILES string of the molecule is Brc1cc2ccc(-c3ccccc3)cc2o1. The molecule has 0 aliphatic heterocycles. The van der Waals surface area contributed by atoms with Crippen LogP contribution in [0.15, 0.2) is 63.7 Å². The number of halogens is 1. The normalized spacial score (nSPS) is 10.8. The van der Waals surface area contributed by atoms with Gasteiger partial charge in [0, 0.05) is 5.39 Å². The van der Waals surface area contributed by atoms with Gasteiger partial charge in [-0.1, -0.05) is 42.5 Å². The molecule has 3 aromatic rings. The first kappa shape index (κ1) is 9.67. The summed E-state index contributed by atoms with van der Waals surface area (Å²) in [5.41, 5.74) is 3.29. The molecule has 0 saturated heterocycles. The maximum atomic E-state index is 5.55. The van der Waals surface area contributed by atoms with Gasteiger partial charge in [0.1, 0.15) is 5.58 Å². The number of rotatable bonds is 1. The van der Waals surface area contributed by atoms with Gasteiger partial charge in [-0.05, 0) is 39.2 Å². The predicted molar refractivity (Wildman–Crippen MR) is 69.4 cm³/mol. The zero-order valence-electron chi connectivity index (χ0n) is 8.48. The molecule has 2 aromatic carbocycles. The molecule has 0 aliphatic carbocycles. The smallest absolute Gasteiger partial charge is 0.170 e. The quantitative estimate of drug-likeness (QED) is 0.617. The van der Waals surface area contributed by atoms with Crippen LogP contribution in [0.3, 0.4) is 0 Å². The average Bonchev–Trinajstić information content (AvgIpc) is 2.69. The largest absolute Gasteiger partial charge is 0.449 e. The second-order valence-electron chi connectivity index (χ2n) is 3.67. The van der Waals surface area contributed by atoms with Gasteiger partial charge in [-0.25, -0.2) is 0 Å². The summed E-state index contributed by atoms with van der Waals surface area (Å²) in [6.45, 7) is 0. The molecule has 0 spiro atoms. The van der Waals surface area contributed by atoms with Crippen LogP contribution in [0.2, 0.25) is 0 Å². The highest BCUT2D eigenvalue weighted by molar-refractivity contribution is 9.10. The Morgan fingerprint density at radius 3 is 2.44 bits per heavy atom. The second kappa shape index (κ2) is 3.80. The average molecular weight is 273 g/mol. The summed E-state index contributed by atoms with van der Waals surface area (Å²) < 4.78 is 6.32. The van der Waals surface area contributed by atoms with Gasteiger partial charge in [0.05, 0.1) is 0 Å². The molecule has 0 atom stereocenters. The Kier molecular flexibility index (Phi) is 2.29. The maximum absolute atomic E-state index is 5.55. The summed E-state index contributed by atoms with van der Waals surface area (Å²) >= 11 is 3.34. The number of hydrogen-bond acceptors (Lipinski definition) is 1. The lowest BCUT2D eigenvalue weighted by Crippen LogP contribution is -1.75. The lowest BCUT2D eigenvalue weighted by atomic mass is 10.1. The van der Waals surface area contributed by atoms with Crippen molar-refractivity contribution in [2.75, 3.05) is 0 Å². The third-order valence-electron chi connectivity index (χ3n) is 2.60. The lowest BCUT2D eigenvalue weighted by molar-refractivity contribution is 0.587. The Balaban J connectivity index is 2.18. The van der Waals surface area contributed by atoms with Crippen LogP contribution in [0.4, 0.5) is 0 Å². The molecule has 0 aliphatic rings. The number of furan rings is 1. The van der Waals surface area contributed by atoms with Gasteiger partial charge < -0.3 is 4.42 Å². The third kappa shape index (κ3) is 1.65. The molecule has 1 nitrogen and oxygen atoms in total. The van der Waals surface area contributed by atoms with Crippen molar-refractivity contribution in [3.8, 4) is 11.1 Å². The van der Waals surface area contributed by atoms with Crippen molar-refractivity contribution in [2.24, 2.45) is 0 Å². The van der Waals surface area contributed by atoms with E-state index in [4.69, 9.17) is 4.42 Å². The first-order valence-electron chi connectivity index (χ1n) is 5.07. The van der Waals surface area contributed by atoms with Crippen molar-refractivity contribution in [3.63, 3.8) is 0 Å². The molecule has 0 radical (unpaired) electrons. The molecule has 0 bridgehead atoms. The van der Waals surface area contributed by atoms with Crippen LogP contribution in [0.5, 0.6) is 0 Å². The van der Waals surface area contributed by atoms with E-state index in [9.17, 15) is 0 Å². The number of hydrogen-bond donors (Lipinski definition) is 0. The van der Waals surface area contributed by atoms with Gasteiger partial charge in [-0.3, -0.25) is 0 Å². The molecule has 0 N–H and O–H groups in total. The van der Waals surface area contributed by atoms with Crippen LogP contribution in [-0.2, 0) is 0 Å². The van der Waals surface area contributed by atoms with Crippen LogP contribution >= 0.6 is 15.9 Å². The van der Waals surface area contributed by atoms with Gasteiger partial charge in [0.2, 0.25) is 0 Å². The highest BCUT2D eigenvalue weighted by Gasteiger charge is 2.03. The minimum Gasteiger partial charge on any atom is -0.449 e. The number of benzene rings is 2. The van der Waals surface area contributed by atoms with Gasteiger partial charge in [-0.15, -0.1) is 0 Å². The molecular weight excluding hydrogens is 264 g/mol. The van der Waals surface area contributed by atoms with Crippen molar-refractivity contribution in [1.82, 2.24) is 0 Å². The van der Waals surface area contributed by atoms with E-state index in [0.717, 1.165) is 15.6 Å². The Labute approximate surface area is 102 Å². The first-order valence-corrected chi connectivity index (χ1v) is 5.87. The summed E-state index contributed by atoms with van der Waals surface area (Å²) in [4.78, 5) is 0. The van der Waals surface area contributed by atoms with Crippen LogP contribution in [0.1, 0.15) is 0 Å². The van der Waals surface area contributed by atoms with Crippen molar-refractivity contribution in [3.05, 3.63) is 59.3 Å². The molecule has 16 heavy (non-hydrogen) atoms. The highest BCUT2D eigenvalue weighted by atomic mass is 79.9. The van der Waals surface area contributed by atoms with Gasteiger partial charge in [0.15, 0.2) is 4.67 Å². The fourth-order valence-electron chi connectivity index (χ4n) is 1.81. The molecule has 78 valence electrons. The first-order chi connectivity index (χ1) is 7.83. The highest BCUT2D eigenvalue weighted by Crippen LogP contribution is 2.28. The topological polar surface area (TPSA) is 13.1 Å². The second-order valence-corrected chi connectivity index (χ2v) is 4.45. The molecule has 0 saturated carbocycles. The van der Waals surface area contributed by atoms with E-state index in [1.54, 1.807) is 0 Å². The summed E-state index contributed by atoms with van der Waals surface area (Å²) in [6, 6.07) is 18.5. The molecule has 0 fully saturated rings. The van der Waals surface area contributed by atoms with Crippen molar-refractivity contribution in [2.45, 2.75) is 0 Å². The van der Waals surface area contributed by atoms with Gasteiger partial charge >= 0.3 is 0 Å². The van der Waals surface area contributed by atoms with Crippen molar-refractivity contribution >= 4 is 26.9 Å². The number of fused-ring (bicyclic) bond motifs is 1. The monoisotopic (exact) mass is 272 g/mol. The van der Waals surface area contributed by atoms with E-state index in [2.05, 4.69) is 46.3 Å². The van der Waals surface area contributed by atoms with E-state index >= 15 is 0 Å². The molecular formula is C14H9BrO. The van der Waals surface area contributed by atoms with Crippen molar-refractivity contribution < 1.29 is 4.42 Å². The molecule has 1 aromatic heterocycles. The van der Waals surface area contributed by atoms with E-state index in [1.165, 1.54) is 11.1 Å². The molecule has 0 amide bonds. The summed E-state index contributed by atoms with van der Waals surface area (Å²) in [5, 5.41) is 1.12. The Hall–Kier alpha value is -1.54. The molecule has 1 heterocycles. The van der Waals surface area contributed by atoms with Gasteiger partial charge in [-0.2, -0.15) is 0 Å². The Bertz CT molecular complexity index is 626. The minimum atomic E-state index is 0.771. The van der Waals surface area contributed by atoms with Crippen LogP contribution in [0, 0.1) is 0 Å². The standard InChI is InChI=1S/C14H9BrO/c15-14-9-12-7-6-11(8-13(12)16-14)10-4-2-1-3-5-10/h1-9H. The minimum absolute atomic E-state index is 0.771. The predicted octanol–water partition coefficient (Wildman–Crippen LogP) is 4.86.